The topological polar surface area (TPSA) is 38.3 Å². The summed E-state index contributed by atoms with van der Waals surface area (Å²) in [4.78, 5) is 10.7. The van der Waals surface area contributed by atoms with Crippen LogP contribution >= 0.6 is 0 Å². The first-order valence-corrected chi connectivity index (χ1v) is 4.32. The minimum atomic E-state index is -4.13. The lowest BCUT2D eigenvalue weighted by Crippen LogP contribution is -2.40. The zero-order chi connectivity index (χ0) is 10.8. The van der Waals surface area contributed by atoms with Crippen molar-refractivity contribution in [2.24, 2.45) is 0 Å². The summed E-state index contributed by atoms with van der Waals surface area (Å²) in [7, 11) is 0. The number of alkyl halides is 3. The van der Waals surface area contributed by atoms with Gasteiger partial charge in [0.15, 0.2) is 0 Å². The molecule has 0 aliphatic carbocycles. The van der Waals surface area contributed by atoms with E-state index >= 15 is 0 Å². The maximum Gasteiger partial charge on any atom is 0.407 e. The Morgan fingerprint density at radius 2 is 2.21 bits per heavy atom. The summed E-state index contributed by atoms with van der Waals surface area (Å²) in [6.07, 6.45) is -5.22. The van der Waals surface area contributed by atoms with E-state index < -0.39 is 24.2 Å². The van der Waals surface area contributed by atoms with Gasteiger partial charge in [-0.05, 0) is 19.8 Å². The number of carbonyl (C=O) groups is 1. The molecule has 1 atom stereocenters. The maximum absolute atomic E-state index is 11.8. The Labute approximate surface area is 79.6 Å². The second-order valence-corrected chi connectivity index (χ2v) is 3.73. The summed E-state index contributed by atoms with van der Waals surface area (Å²) in [6.45, 7) is 1.82. The summed E-state index contributed by atoms with van der Waals surface area (Å²) in [6, 6.07) is 0. The second kappa shape index (κ2) is 3.67. The molecule has 1 N–H and O–H groups in total. The van der Waals surface area contributed by atoms with E-state index in [9.17, 15) is 18.0 Å². The largest absolute Gasteiger partial charge is 0.447 e. The van der Waals surface area contributed by atoms with Crippen molar-refractivity contribution in [2.75, 3.05) is 6.61 Å². The van der Waals surface area contributed by atoms with E-state index in [-0.39, 0.29) is 19.4 Å². The lowest BCUT2D eigenvalue weighted by atomic mass is 9.97. The highest BCUT2D eigenvalue weighted by Gasteiger charge is 2.36. The number of rotatable bonds is 3. The van der Waals surface area contributed by atoms with Crippen molar-refractivity contribution in [2.45, 2.75) is 37.9 Å². The monoisotopic (exact) mass is 211 g/mol. The number of cyclic esters (lactones) is 1. The number of halogens is 3. The van der Waals surface area contributed by atoms with Crippen LogP contribution in [-0.4, -0.2) is 24.4 Å². The quantitative estimate of drug-likeness (QED) is 0.777. The van der Waals surface area contributed by atoms with Gasteiger partial charge in [-0.15, -0.1) is 0 Å². The summed E-state index contributed by atoms with van der Waals surface area (Å²) < 4.78 is 40.1. The van der Waals surface area contributed by atoms with Crippen LogP contribution in [0.4, 0.5) is 18.0 Å². The molecule has 0 saturated carbocycles. The molecule has 1 heterocycles. The molecule has 1 saturated heterocycles. The Hall–Kier alpha value is -0.940. The van der Waals surface area contributed by atoms with Gasteiger partial charge in [-0.25, -0.2) is 4.79 Å². The lowest BCUT2D eigenvalue weighted by Gasteiger charge is -2.20. The van der Waals surface area contributed by atoms with E-state index in [1.165, 1.54) is 0 Å². The number of nitrogens with one attached hydrogen (secondary N) is 1. The maximum atomic E-state index is 11.8. The molecule has 6 heteroatoms. The third kappa shape index (κ3) is 3.43. The van der Waals surface area contributed by atoms with Crippen LogP contribution in [0.3, 0.4) is 0 Å². The molecule has 0 radical (unpaired) electrons. The summed E-state index contributed by atoms with van der Waals surface area (Å²) in [5, 5.41) is 2.49. The fourth-order valence-electron chi connectivity index (χ4n) is 1.36. The van der Waals surface area contributed by atoms with E-state index in [4.69, 9.17) is 0 Å². The highest BCUT2D eigenvalue weighted by molar-refractivity contribution is 5.70. The minimum absolute atomic E-state index is 0.00361. The molecule has 0 bridgehead atoms. The number of ether oxygens (including phenoxy) is 1. The predicted octanol–water partition coefficient (Wildman–Crippen LogP) is 2.22. The van der Waals surface area contributed by atoms with Crippen LogP contribution < -0.4 is 5.32 Å². The van der Waals surface area contributed by atoms with Gasteiger partial charge in [-0.1, -0.05) is 0 Å². The number of carbonyl (C=O) groups excluding carboxylic acids is 1. The molecule has 1 aliphatic rings. The Morgan fingerprint density at radius 1 is 1.57 bits per heavy atom. The number of amides is 1. The smallest absolute Gasteiger partial charge is 0.407 e. The van der Waals surface area contributed by atoms with Gasteiger partial charge in [0.2, 0.25) is 0 Å². The normalized spacial score (nSPS) is 27.3. The van der Waals surface area contributed by atoms with Crippen molar-refractivity contribution < 1.29 is 22.7 Å². The van der Waals surface area contributed by atoms with Crippen LogP contribution in [0.25, 0.3) is 0 Å². The number of alkyl carbamates (subject to hydrolysis) is 1. The van der Waals surface area contributed by atoms with Gasteiger partial charge in [-0.2, -0.15) is 13.2 Å². The van der Waals surface area contributed by atoms with Crippen molar-refractivity contribution in [1.82, 2.24) is 5.32 Å². The van der Waals surface area contributed by atoms with Crippen molar-refractivity contribution in [3.63, 3.8) is 0 Å². The Bertz CT molecular complexity index is 229. The number of hydrogen-bond acceptors (Lipinski definition) is 2. The first-order chi connectivity index (χ1) is 6.31. The van der Waals surface area contributed by atoms with Gasteiger partial charge in [0.05, 0.1) is 5.54 Å². The van der Waals surface area contributed by atoms with Gasteiger partial charge in [-0.3, -0.25) is 0 Å². The van der Waals surface area contributed by atoms with E-state index in [1.54, 1.807) is 6.92 Å². The fourth-order valence-corrected chi connectivity index (χ4v) is 1.36. The molecule has 1 fully saturated rings. The van der Waals surface area contributed by atoms with Gasteiger partial charge in [0.1, 0.15) is 6.61 Å². The van der Waals surface area contributed by atoms with Crippen molar-refractivity contribution >= 4 is 6.09 Å². The standard InChI is InChI=1S/C8H12F3NO2/c1-7(5-14-6(13)12-7)3-2-4-8(9,10)11/h2-5H2,1H3,(H,12,13). The Balaban J connectivity index is 2.28. The Kier molecular flexibility index (Phi) is 2.92. The van der Waals surface area contributed by atoms with E-state index in [0.717, 1.165) is 0 Å². The lowest BCUT2D eigenvalue weighted by molar-refractivity contribution is -0.136. The minimum Gasteiger partial charge on any atom is -0.447 e. The predicted molar refractivity (Wildman–Crippen MR) is 42.8 cm³/mol. The zero-order valence-electron chi connectivity index (χ0n) is 7.78. The average Bonchev–Trinajstić information content (AvgIpc) is 2.28. The van der Waals surface area contributed by atoms with E-state index in [2.05, 4.69) is 10.1 Å². The van der Waals surface area contributed by atoms with E-state index in [1.807, 2.05) is 0 Å². The molecule has 14 heavy (non-hydrogen) atoms. The molecule has 1 rings (SSSR count). The van der Waals surface area contributed by atoms with Crippen molar-refractivity contribution in [1.29, 1.82) is 0 Å². The average molecular weight is 211 g/mol. The van der Waals surface area contributed by atoms with Crippen LogP contribution in [0.2, 0.25) is 0 Å². The molecular weight excluding hydrogens is 199 g/mol. The van der Waals surface area contributed by atoms with Crippen LogP contribution in [0, 0.1) is 0 Å². The molecule has 3 nitrogen and oxygen atoms in total. The second-order valence-electron chi connectivity index (χ2n) is 3.73. The molecule has 0 aromatic rings. The fraction of sp³-hybridized carbons (Fsp3) is 0.875. The molecule has 1 amide bonds. The summed E-state index contributed by atoms with van der Waals surface area (Å²) >= 11 is 0. The van der Waals surface area contributed by atoms with Crippen molar-refractivity contribution in [3.05, 3.63) is 0 Å². The highest BCUT2D eigenvalue weighted by atomic mass is 19.4. The zero-order valence-corrected chi connectivity index (χ0v) is 7.78. The van der Waals surface area contributed by atoms with Crippen molar-refractivity contribution in [3.8, 4) is 0 Å². The molecule has 0 aromatic heterocycles. The van der Waals surface area contributed by atoms with Gasteiger partial charge >= 0.3 is 12.3 Å². The summed E-state index contributed by atoms with van der Waals surface area (Å²) in [5.74, 6) is 0. The summed E-state index contributed by atoms with van der Waals surface area (Å²) in [5.41, 5.74) is -0.637. The number of hydrogen-bond donors (Lipinski definition) is 1. The van der Waals surface area contributed by atoms with Crippen LogP contribution in [0.5, 0.6) is 0 Å². The molecule has 0 spiro atoms. The van der Waals surface area contributed by atoms with Gasteiger partial charge < -0.3 is 10.1 Å². The molecule has 82 valence electrons. The van der Waals surface area contributed by atoms with Gasteiger partial charge in [0, 0.05) is 6.42 Å². The molecular formula is C8H12F3NO2. The van der Waals surface area contributed by atoms with Crippen LogP contribution in [0.15, 0.2) is 0 Å². The SMILES string of the molecule is CC1(CCCC(F)(F)F)COC(=O)N1. The van der Waals surface area contributed by atoms with E-state index in [0.29, 0.717) is 0 Å². The molecule has 1 aliphatic heterocycles. The van der Waals surface area contributed by atoms with Crippen LogP contribution in [0.1, 0.15) is 26.2 Å². The first-order valence-electron chi connectivity index (χ1n) is 4.32. The third-order valence-electron chi connectivity index (χ3n) is 2.11. The molecule has 1 unspecified atom stereocenters. The van der Waals surface area contributed by atoms with Crippen LogP contribution in [-0.2, 0) is 4.74 Å². The third-order valence-corrected chi connectivity index (χ3v) is 2.11. The Morgan fingerprint density at radius 3 is 2.64 bits per heavy atom. The highest BCUT2D eigenvalue weighted by Crippen LogP contribution is 2.26. The first kappa shape index (κ1) is 11.1. The molecule has 0 aromatic carbocycles. The van der Waals surface area contributed by atoms with Gasteiger partial charge in [0.25, 0.3) is 0 Å².